The van der Waals surface area contributed by atoms with Crippen LogP contribution in [0.4, 0.5) is 4.79 Å². The molecule has 5 atom stereocenters. The number of benzene rings is 2. The van der Waals surface area contributed by atoms with E-state index in [1.807, 2.05) is 46.5 Å². The molecule has 1 aliphatic heterocycles. The van der Waals surface area contributed by atoms with Crippen LogP contribution in [-0.4, -0.2) is 79.2 Å². The lowest BCUT2D eigenvalue weighted by atomic mass is 9.70. The molecule has 2 aromatic rings. The van der Waals surface area contributed by atoms with Crippen molar-refractivity contribution in [2.75, 3.05) is 32.4 Å². The first-order valence-electron chi connectivity index (χ1n) is 17.2. The normalized spacial score (nSPS) is 27.8. The van der Waals surface area contributed by atoms with E-state index in [-0.39, 0.29) is 29.6 Å². The minimum Gasteiger partial charge on any atom is -0.445 e. The third kappa shape index (κ3) is 8.69. The lowest BCUT2D eigenvalue weighted by Crippen LogP contribution is -2.50. The number of nitrogens with zero attached hydrogens (tertiary/aromatic N) is 3. The minimum atomic E-state index is -3.36. The second-order valence-corrected chi connectivity index (χ2v) is 16.8. The Labute approximate surface area is 272 Å². The summed E-state index contributed by atoms with van der Waals surface area (Å²) in [6, 6.07) is 20.8. The number of rotatable bonds is 10. The quantitative estimate of drug-likeness (QED) is 0.277. The van der Waals surface area contributed by atoms with E-state index in [2.05, 4.69) is 56.0 Å². The molecule has 0 radical (unpaired) electrons. The van der Waals surface area contributed by atoms with Crippen molar-refractivity contribution in [3.8, 4) is 0 Å². The molecule has 2 saturated carbocycles. The highest BCUT2D eigenvalue weighted by Crippen LogP contribution is 2.47. The largest absolute Gasteiger partial charge is 0.445 e. The highest BCUT2D eigenvalue weighted by atomic mass is 32.2. The molecule has 45 heavy (non-hydrogen) atoms. The maximum Gasteiger partial charge on any atom is 0.410 e. The second-order valence-electron chi connectivity index (χ2n) is 14.9. The summed E-state index contributed by atoms with van der Waals surface area (Å²) in [4.78, 5) is 17.5. The number of amides is 1. The number of sulfonamides is 1. The van der Waals surface area contributed by atoms with E-state index in [0.29, 0.717) is 30.9 Å². The molecular weight excluding hydrogens is 582 g/mol. The molecule has 1 amide bonds. The van der Waals surface area contributed by atoms with E-state index in [9.17, 15) is 13.2 Å². The van der Waals surface area contributed by atoms with Gasteiger partial charge in [-0.2, -0.15) is 4.31 Å². The van der Waals surface area contributed by atoms with E-state index in [0.717, 1.165) is 70.1 Å². The number of piperidine rings is 1. The van der Waals surface area contributed by atoms with Crippen molar-refractivity contribution in [2.45, 2.75) is 103 Å². The van der Waals surface area contributed by atoms with Crippen molar-refractivity contribution < 1.29 is 17.9 Å². The zero-order chi connectivity index (χ0) is 32.2. The Kier molecular flexibility index (Phi) is 11.0. The number of ether oxygens (including phenoxy) is 1. The van der Waals surface area contributed by atoms with Crippen LogP contribution in [0.15, 0.2) is 60.7 Å². The maximum absolute atomic E-state index is 13.5. The molecule has 5 rings (SSSR count). The molecule has 8 heteroatoms. The van der Waals surface area contributed by atoms with Gasteiger partial charge < -0.3 is 14.5 Å². The second kappa shape index (κ2) is 14.6. The molecular formula is C37H55N3O4S. The molecule has 7 nitrogen and oxygen atoms in total. The predicted octanol–water partition coefficient (Wildman–Crippen LogP) is 7.15. The van der Waals surface area contributed by atoms with Gasteiger partial charge in [-0.05, 0) is 86.2 Å². The van der Waals surface area contributed by atoms with Gasteiger partial charge in [-0.3, -0.25) is 0 Å². The fraction of sp³-hybridized carbons (Fsp3) is 0.649. The van der Waals surface area contributed by atoms with Crippen molar-refractivity contribution in [1.29, 1.82) is 0 Å². The van der Waals surface area contributed by atoms with E-state index in [4.69, 9.17) is 4.74 Å². The summed E-state index contributed by atoms with van der Waals surface area (Å²) in [6.07, 6.45) is 7.83. The van der Waals surface area contributed by atoms with Gasteiger partial charge in [0, 0.05) is 44.3 Å². The molecule has 1 heterocycles. The van der Waals surface area contributed by atoms with Gasteiger partial charge in [-0.25, -0.2) is 13.2 Å². The SMILES string of the molecule is CCN(C(=O)OCc1ccccc1)C1CCN(CC2CC(N(C3CC(C)CC(C)(C)C3)S(C)(=O)=O)CC2c2ccccc2)CC1. The van der Waals surface area contributed by atoms with Crippen LogP contribution in [0.5, 0.6) is 0 Å². The van der Waals surface area contributed by atoms with Crippen molar-refractivity contribution in [2.24, 2.45) is 17.3 Å². The van der Waals surface area contributed by atoms with E-state index in [1.54, 1.807) is 0 Å². The first-order chi connectivity index (χ1) is 21.4. The summed E-state index contributed by atoms with van der Waals surface area (Å²) in [6.45, 7) is 12.7. The molecule has 3 aliphatic rings. The monoisotopic (exact) mass is 637 g/mol. The number of hydrogen-bond donors (Lipinski definition) is 0. The lowest BCUT2D eigenvalue weighted by Gasteiger charge is -2.45. The van der Waals surface area contributed by atoms with Crippen molar-refractivity contribution in [3.63, 3.8) is 0 Å². The van der Waals surface area contributed by atoms with Crippen LogP contribution < -0.4 is 0 Å². The van der Waals surface area contributed by atoms with Crippen LogP contribution in [0.3, 0.4) is 0 Å². The van der Waals surface area contributed by atoms with Gasteiger partial charge >= 0.3 is 6.09 Å². The average molecular weight is 638 g/mol. The zero-order valence-electron chi connectivity index (χ0n) is 28.1. The Morgan fingerprint density at radius 2 is 1.56 bits per heavy atom. The van der Waals surface area contributed by atoms with E-state index >= 15 is 0 Å². The molecule has 1 saturated heterocycles. The Hall–Kier alpha value is -2.42. The number of likely N-dealkylation sites (tertiary alicyclic amines) is 1. The Balaban J connectivity index is 1.25. The van der Waals surface area contributed by atoms with Gasteiger partial charge in [0.05, 0.1) is 6.26 Å². The molecule has 0 aromatic heterocycles. The van der Waals surface area contributed by atoms with Gasteiger partial charge in [-0.15, -0.1) is 0 Å². The fourth-order valence-corrected chi connectivity index (χ4v) is 10.4. The lowest BCUT2D eigenvalue weighted by molar-refractivity contribution is 0.0597. The summed E-state index contributed by atoms with van der Waals surface area (Å²) in [5, 5.41) is 0. The van der Waals surface area contributed by atoms with E-state index < -0.39 is 10.0 Å². The summed E-state index contributed by atoms with van der Waals surface area (Å²) in [5.74, 6) is 1.22. The fourth-order valence-electron chi connectivity index (χ4n) is 9.03. The highest BCUT2D eigenvalue weighted by molar-refractivity contribution is 7.88. The van der Waals surface area contributed by atoms with Crippen molar-refractivity contribution >= 4 is 16.1 Å². The molecule has 0 N–H and O–H groups in total. The molecule has 0 bridgehead atoms. The zero-order valence-corrected chi connectivity index (χ0v) is 28.9. The topological polar surface area (TPSA) is 70.2 Å². The summed E-state index contributed by atoms with van der Waals surface area (Å²) in [7, 11) is -3.36. The smallest absolute Gasteiger partial charge is 0.410 e. The van der Waals surface area contributed by atoms with Crippen LogP contribution >= 0.6 is 0 Å². The molecule has 5 unspecified atom stereocenters. The predicted molar refractivity (Wildman–Crippen MR) is 181 cm³/mol. The summed E-state index contributed by atoms with van der Waals surface area (Å²) in [5.41, 5.74) is 2.46. The minimum absolute atomic E-state index is 0.0220. The first kappa shape index (κ1) is 33.9. The van der Waals surface area contributed by atoms with Crippen molar-refractivity contribution in [1.82, 2.24) is 14.1 Å². The Bertz CT molecular complexity index is 1340. The van der Waals surface area contributed by atoms with Gasteiger partial charge in [0.2, 0.25) is 10.0 Å². The van der Waals surface area contributed by atoms with Gasteiger partial charge in [0.25, 0.3) is 0 Å². The molecule has 0 spiro atoms. The van der Waals surface area contributed by atoms with Gasteiger partial charge in [0.15, 0.2) is 0 Å². The molecule has 3 fully saturated rings. The maximum atomic E-state index is 13.5. The molecule has 2 aliphatic carbocycles. The van der Waals surface area contributed by atoms with Crippen LogP contribution in [-0.2, 0) is 21.4 Å². The third-order valence-electron chi connectivity index (χ3n) is 10.6. The first-order valence-corrected chi connectivity index (χ1v) is 19.0. The van der Waals surface area contributed by atoms with Crippen LogP contribution in [0.25, 0.3) is 0 Å². The molecule has 2 aromatic carbocycles. The van der Waals surface area contributed by atoms with E-state index in [1.165, 1.54) is 11.8 Å². The average Bonchev–Trinajstić information content (AvgIpc) is 3.39. The molecule has 248 valence electrons. The Morgan fingerprint density at radius 3 is 2.16 bits per heavy atom. The highest BCUT2D eigenvalue weighted by Gasteiger charge is 2.46. The van der Waals surface area contributed by atoms with Crippen molar-refractivity contribution in [3.05, 3.63) is 71.8 Å². The number of carbonyl (C=O) groups excluding carboxylic acids is 1. The van der Waals surface area contributed by atoms with Gasteiger partial charge in [-0.1, -0.05) is 81.4 Å². The van der Waals surface area contributed by atoms with Crippen LogP contribution in [0.2, 0.25) is 0 Å². The Morgan fingerprint density at radius 1 is 0.911 bits per heavy atom. The number of carbonyl (C=O) groups is 1. The van der Waals surface area contributed by atoms with Crippen LogP contribution in [0, 0.1) is 17.3 Å². The third-order valence-corrected chi connectivity index (χ3v) is 12.0. The summed E-state index contributed by atoms with van der Waals surface area (Å²) < 4.78 is 34.6. The van der Waals surface area contributed by atoms with Crippen LogP contribution in [0.1, 0.15) is 89.7 Å². The number of hydrogen-bond acceptors (Lipinski definition) is 5. The standard InChI is InChI=1S/C37H55N3O4S/c1-6-39(36(41)44-27-29-13-9-7-10-14-29)32-17-19-38(20-18-32)26-31-22-33(23-35(31)30-15-11-8-12-16-30)40(45(5,42)43)34-21-28(2)24-37(3,4)25-34/h7-16,28,31-35H,6,17-27H2,1-5H3. The van der Waals surface area contributed by atoms with Gasteiger partial charge in [0.1, 0.15) is 6.61 Å². The summed E-state index contributed by atoms with van der Waals surface area (Å²) >= 11 is 0.